The average Bonchev–Trinajstić information content (AvgIpc) is 3.66. The van der Waals surface area contributed by atoms with Gasteiger partial charge in [-0.1, -0.05) is 153 Å². The van der Waals surface area contributed by atoms with E-state index in [0.717, 1.165) is 60.9 Å². The second-order valence-corrected chi connectivity index (χ2v) is 18.0. The van der Waals surface area contributed by atoms with E-state index in [-0.39, 0.29) is 26.5 Å². The van der Waals surface area contributed by atoms with E-state index >= 15 is 0 Å². The van der Waals surface area contributed by atoms with Crippen molar-refractivity contribution < 1.29 is 21.1 Å². The van der Waals surface area contributed by atoms with Crippen LogP contribution in [0, 0.1) is 18.8 Å². The Morgan fingerprint density at radius 2 is 1.05 bits per heavy atom. The van der Waals surface area contributed by atoms with Crippen molar-refractivity contribution >= 4 is 51.7 Å². The van der Waals surface area contributed by atoms with Gasteiger partial charge >= 0.3 is 0 Å². The van der Waals surface area contributed by atoms with Gasteiger partial charge in [-0.3, -0.25) is 0 Å². The van der Waals surface area contributed by atoms with Crippen molar-refractivity contribution in [3.05, 3.63) is 225 Å². The first-order valence-electron chi connectivity index (χ1n) is 21.4. The molecule has 2 aliphatic rings. The topological polar surface area (TPSA) is 22.6 Å². The van der Waals surface area contributed by atoms with Crippen molar-refractivity contribution in [1.82, 2.24) is 4.98 Å². The summed E-state index contributed by atoms with van der Waals surface area (Å²) in [7, 11) is 0. The van der Waals surface area contributed by atoms with Gasteiger partial charge in [0, 0.05) is 61.0 Å². The predicted octanol–water partition coefficient (Wildman–Crippen LogP) is 16.0. The van der Waals surface area contributed by atoms with Crippen molar-refractivity contribution in [1.29, 1.82) is 0 Å². The molecule has 11 rings (SSSR count). The number of rotatable bonds is 7. The van der Waals surface area contributed by atoms with E-state index in [1.165, 1.54) is 38.9 Å². The molecule has 64 heavy (non-hydrogen) atoms. The van der Waals surface area contributed by atoms with Crippen molar-refractivity contribution in [2.45, 2.75) is 36.0 Å². The summed E-state index contributed by atoms with van der Waals surface area (Å²) in [5.41, 5.74) is 16.9. The minimum Gasteiger partial charge on any atom is -0.493 e. The van der Waals surface area contributed by atoms with Crippen LogP contribution in [0.2, 0.25) is 0 Å². The Bertz CT molecular complexity index is 3070. The number of aromatic nitrogens is 1. The van der Waals surface area contributed by atoms with Gasteiger partial charge in [-0.25, -0.2) is 4.98 Å². The van der Waals surface area contributed by atoms with E-state index in [1.54, 1.807) is 11.8 Å². The van der Waals surface area contributed by atoms with Crippen LogP contribution in [-0.2, 0) is 26.5 Å². The van der Waals surface area contributed by atoms with E-state index in [4.69, 9.17) is 4.98 Å². The number of anilines is 7. The molecule has 2 aliphatic heterocycles. The van der Waals surface area contributed by atoms with Crippen LogP contribution in [0.25, 0.3) is 44.5 Å². The molecular formula is C58H43N4PtS-3. The zero-order chi connectivity index (χ0) is 42.5. The summed E-state index contributed by atoms with van der Waals surface area (Å²) in [4.78, 5) is 13.8. The smallest absolute Gasteiger partial charge is 0.135 e. The molecule has 3 heterocycles. The van der Waals surface area contributed by atoms with E-state index in [0.29, 0.717) is 0 Å². The van der Waals surface area contributed by atoms with Gasteiger partial charge in [0.1, 0.15) is 5.82 Å². The average molecular weight is 1020 g/mol. The molecular weight excluding hydrogens is 980 g/mol. The Balaban J connectivity index is 0.00000484. The second kappa shape index (κ2) is 17.1. The molecule has 0 saturated carbocycles. The summed E-state index contributed by atoms with van der Waals surface area (Å²) in [5, 5.41) is 0. The van der Waals surface area contributed by atoms with Crippen molar-refractivity contribution in [3.63, 3.8) is 0 Å². The Morgan fingerprint density at radius 1 is 0.484 bits per heavy atom. The van der Waals surface area contributed by atoms with Crippen LogP contribution in [0.5, 0.6) is 0 Å². The molecule has 0 aliphatic carbocycles. The Kier molecular flexibility index (Phi) is 11.1. The summed E-state index contributed by atoms with van der Waals surface area (Å²) < 4.78 is 0. The number of fused-ring (bicyclic) bond motifs is 6. The minimum absolute atomic E-state index is 0. The molecule has 0 N–H and O–H groups in total. The fourth-order valence-electron chi connectivity index (χ4n) is 8.85. The Morgan fingerprint density at radius 3 is 1.69 bits per heavy atom. The molecule has 0 fully saturated rings. The molecule has 314 valence electrons. The van der Waals surface area contributed by atoms with Crippen LogP contribution in [0.1, 0.15) is 26.3 Å². The van der Waals surface area contributed by atoms with Crippen LogP contribution in [0.15, 0.2) is 210 Å². The molecule has 0 spiro atoms. The molecule has 0 unspecified atom stereocenters. The Hall–Kier alpha value is -6.65. The summed E-state index contributed by atoms with van der Waals surface area (Å²) in [5.74, 6) is 0.845. The third kappa shape index (κ3) is 7.53. The van der Waals surface area contributed by atoms with Crippen molar-refractivity contribution in [2.75, 3.05) is 14.7 Å². The first-order chi connectivity index (χ1) is 30.9. The van der Waals surface area contributed by atoms with Crippen LogP contribution in [-0.4, -0.2) is 4.98 Å². The zero-order valence-electron chi connectivity index (χ0n) is 35.6. The number of para-hydroxylation sites is 3. The number of benzene rings is 8. The standard InChI is InChI=1S/C58H43N4S.Pt/c1-58(2,3)42-35-50(40-19-6-4-7-20-40)57(51(36-42)41-21-8-5-9-22-41)61-39-60(53-29-14-15-30-54(53)61)43-23-18-24-44(37-43)63-45-32-33-49-47-26-11-10-25-46(47)48-27-12-13-28-52(48)62(55(49)38-45)56-31-16-17-34-59-56;/h4-36,39H,1-3H3;/q-3;. The van der Waals surface area contributed by atoms with Crippen molar-refractivity contribution in [3.8, 4) is 44.5 Å². The van der Waals surface area contributed by atoms with Crippen LogP contribution in [0.3, 0.4) is 0 Å². The molecule has 0 saturated heterocycles. The number of hydrogen-bond donors (Lipinski definition) is 0. The second-order valence-electron chi connectivity index (χ2n) is 16.9. The van der Waals surface area contributed by atoms with Gasteiger partial charge in [0.2, 0.25) is 0 Å². The SMILES string of the molecule is CC(C)(C)c1cc(-c2ccccc2)c(N2[CH-]N(c3[c-]c(Sc4[c-]c5c(cc4)-c4ccccc4-c4ccccc4N5c4ccccn4)ccc3)c3ccccc32)c(-c2ccccc2)c1.[Pt]. The molecule has 0 radical (unpaired) electrons. The van der Waals surface area contributed by atoms with Crippen LogP contribution < -0.4 is 14.7 Å². The largest absolute Gasteiger partial charge is 0.493 e. The summed E-state index contributed by atoms with van der Waals surface area (Å²) in [6.45, 7) is 9.12. The fraction of sp³-hybridized carbons (Fsp3) is 0.0690. The molecule has 9 aromatic rings. The zero-order valence-corrected chi connectivity index (χ0v) is 38.7. The Labute approximate surface area is 395 Å². The molecule has 4 nitrogen and oxygen atoms in total. The van der Waals surface area contributed by atoms with Gasteiger partial charge < -0.3 is 14.7 Å². The van der Waals surface area contributed by atoms with E-state index in [9.17, 15) is 0 Å². The number of hydrogen-bond acceptors (Lipinski definition) is 5. The van der Waals surface area contributed by atoms with Gasteiger partial charge in [-0.05, 0) is 70.1 Å². The molecule has 1 aromatic heterocycles. The molecule has 0 bridgehead atoms. The van der Waals surface area contributed by atoms with Gasteiger partial charge in [-0.2, -0.15) is 24.3 Å². The normalized spacial score (nSPS) is 12.7. The van der Waals surface area contributed by atoms with E-state index in [2.05, 4.69) is 236 Å². The van der Waals surface area contributed by atoms with Crippen LogP contribution in [0.4, 0.5) is 39.9 Å². The molecule has 0 atom stereocenters. The maximum Gasteiger partial charge on any atom is 0.135 e. The third-order valence-electron chi connectivity index (χ3n) is 11.9. The van der Waals surface area contributed by atoms with E-state index in [1.807, 2.05) is 18.3 Å². The summed E-state index contributed by atoms with van der Waals surface area (Å²) >= 11 is 1.67. The van der Waals surface area contributed by atoms with Gasteiger partial charge in [0.25, 0.3) is 0 Å². The number of pyridine rings is 1. The predicted molar refractivity (Wildman–Crippen MR) is 263 cm³/mol. The molecule has 6 heteroatoms. The van der Waals surface area contributed by atoms with Crippen LogP contribution >= 0.6 is 11.8 Å². The third-order valence-corrected chi connectivity index (χ3v) is 12.8. The number of nitrogens with zero attached hydrogens (tertiary/aromatic N) is 4. The van der Waals surface area contributed by atoms with Gasteiger partial charge in [0.05, 0.1) is 5.69 Å². The maximum atomic E-state index is 4.86. The van der Waals surface area contributed by atoms with Crippen molar-refractivity contribution in [2.24, 2.45) is 0 Å². The quantitative estimate of drug-likeness (QED) is 0.148. The summed E-state index contributed by atoms with van der Waals surface area (Å²) in [6.07, 6.45) is 1.86. The van der Waals surface area contributed by atoms with Gasteiger partial charge in [-0.15, -0.1) is 57.7 Å². The summed E-state index contributed by atoms with van der Waals surface area (Å²) in [6, 6.07) is 76.9. The fourth-order valence-corrected chi connectivity index (χ4v) is 9.67. The first-order valence-corrected chi connectivity index (χ1v) is 22.2. The molecule has 8 aromatic carbocycles. The molecule has 0 amide bonds. The first kappa shape index (κ1) is 41.4. The van der Waals surface area contributed by atoms with Gasteiger partial charge in [0.15, 0.2) is 0 Å². The monoisotopic (exact) mass is 1020 g/mol. The minimum atomic E-state index is -0.0578. The van der Waals surface area contributed by atoms with E-state index < -0.39 is 0 Å². The maximum absolute atomic E-state index is 4.86.